The Balaban J connectivity index is 1.71. The molecule has 0 spiro atoms. The minimum atomic E-state index is -0.812. The van der Waals surface area contributed by atoms with Crippen LogP contribution < -0.4 is 0 Å². The number of carbonyl (C=O) groups excluding carboxylic acids is 3. The van der Waals surface area contributed by atoms with Crippen LogP contribution in [-0.2, 0) is 19.1 Å². The van der Waals surface area contributed by atoms with Gasteiger partial charge in [-0.3, -0.25) is 14.5 Å². The van der Waals surface area contributed by atoms with Gasteiger partial charge < -0.3 is 4.74 Å². The Morgan fingerprint density at radius 3 is 2.27 bits per heavy atom. The van der Waals surface area contributed by atoms with Crippen molar-refractivity contribution < 1.29 is 19.1 Å². The fourth-order valence-electron chi connectivity index (χ4n) is 4.68. The Hall–Kier alpha value is -1.39. The third-order valence-corrected chi connectivity index (χ3v) is 6.79. The van der Waals surface area contributed by atoms with E-state index >= 15 is 0 Å². The molecule has 2 amide bonds. The first-order valence-corrected chi connectivity index (χ1v) is 8.24. The summed E-state index contributed by atoms with van der Waals surface area (Å²) in [6.45, 7) is 8.31. The number of likely N-dealkylation sites (tertiary alicyclic amines) is 1. The van der Waals surface area contributed by atoms with Crippen LogP contribution >= 0.6 is 0 Å². The second kappa shape index (κ2) is 4.80. The molecule has 3 rings (SSSR count). The van der Waals surface area contributed by atoms with Gasteiger partial charge in [0.1, 0.15) is 12.1 Å². The van der Waals surface area contributed by atoms with E-state index in [9.17, 15) is 14.4 Å². The third-order valence-electron chi connectivity index (χ3n) is 6.79. The summed E-state index contributed by atoms with van der Waals surface area (Å²) in [7, 11) is 0. The zero-order valence-corrected chi connectivity index (χ0v) is 13.8. The van der Waals surface area contributed by atoms with E-state index in [4.69, 9.17) is 4.74 Å². The van der Waals surface area contributed by atoms with E-state index in [1.165, 1.54) is 6.42 Å². The van der Waals surface area contributed by atoms with Crippen LogP contribution in [0.3, 0.4) is 0 Å². The lowest BCUT2D eigenvalue weighted by atomic mass is 9.70. The molecule has 0 aromatic carbocycles. The minimum Gasteiger partial charge on any atom is -0.460 e. The maximum Gasteiger partial charge on any atom is 0.329 e. The van der Waals surface area contributed by atoms with Crippen molar-refractivity contribution in [1.29, 1.82) is 0 Å². The number of imide groups is 1. The molecule has 0 radical (unpaired) electrons. The molecular formula is C17H25NO4. The van der Waals surface area contributed by atoms with Gasteiger partial charge in [-0.1, -0.05) is 20.8 Å². The predicted octanol–water partition coefficient (Wildman–Crippen LogP) is 2.28. The number of rotatable bonds is 3. The molecule has 22 heavy (non-hydrogen) atoms. The molecule has 4 atom stereocenters. The highest BCUT2D eigenvalue weighted by atomic mass is 16.5. The number of fused-ring (bicyclic) bond motifs is 2. The highest BCUT2D eigenvalue weighted by Gasteiger charge is 2.63. The normalized spacial score (nSPS) is 37.7. The molecule has 2 bridgehead atoms. The van der Waals surface area contributed by atoms with Crippen LogP contribution in [0.15, 0.2) is 0 Å². The fourth-order valence-corrected chi connectivity index (χ4v) is 4.68. The van der Waals surface area contributed by atoms with Crippen molar-refractivity contribution in [3.63, 3.8) is 0 Å². The van der Waals surface area contributed by atoms with E-state index in [2.05, 4.69) is 20.8 Å². The number of esters is 1. The summed E-state index contributed by atoms with van der Waals surface area (Å²) in [5.41, 5.74) is 0.159. The van der Waals surface area contributed by atoms with E-state index in [0.29, 0.717) is 5.92 Å². The van der Waals surface area contributed by atoms with Gasteiger partial charge in [0.15, 0.2) is 0 Å². The van der Waals surface area contributed by atoms with Gasteiger partial charge in [0.2, 0.25) is 11.8 Å². The van der Waals surface area contributed by atoms with E-state index in [-0.39, 0.29) is 41.6 Å². The van der Waals surface area contributed by atoms with Crippen LogP contribution in [0, 0.1) is 16.7 Å². The zero-order valence-electron chi connectivity index (χ0n) is 13.8. The molecule has 1 saturated heterocycles. The number of ether oxygens (including phenoxy) is 1. The van der Waals surface area contributed by atoms with Crippen molar-refractivity contribution in [2.45, 2.75) is 71.9 Å². The lowest BCUT2D eigenvalue weighted by molar-refractivity contribution is -0.167. The lowest BCUT2D eigenvalue weighted by Gasteiger charge is -2.39. The van der Waals surface area contributed by atoms with Gasteiger partial charge in [-0.15, -0.1) is 0 Å². The highest BCUT2D eigenvalue weighted by Crippen LogP contribution is 2.66. The number of carbonyl (C=O) groups is 3. The van der Waals surface area contributed by atoms with Gasteiger partial charge >= 0.3 is 5.97 Å². The van der Waals surface area contributed by atoms with Gasteiger partial charge in [-0.05, 0) is 37.5 Å². The maximum absolute atomic E-state index is 12.4. The summed E-state index contributed by atoms with van der Waals surface area (Å²) in [5, 5.41) is 0. The second-order valence-corrected chi connectivity index (χ2v) is 7.87. The summed E-state index contributed by atoms with van der Waals surface area (Å²) in [5.74, 6) is -0.401. The summed E-state index contributed by atoms with van der Waals surface area (Å²) in [4.78, 5) is 37.0. The Morgan fingerprint density at radius 1 is 1.23 bits per heavy atom. The molecule has 2 aliphatic carbocycles. The average Bonchev–Trinajstić information content (AvgIpc) is 2.95. The Bertz CT molecular complexity index is 525. The van der Waals surface area contributed by atoms with Crippen LogP contribution in [0.1, 0.15) is 59.8 Å². The topological polar surface area (TPSA) is 63.7 Å². The molecular weight excluding hydrogens is 282 g/mol. The van der Waals surface area contributed by atoms with Gasteiger partial charge in [0.25, 0.3) is 0 Å². The summed E-state index contributed by atoms with van der Waals surface area (Å²) in [6, 6.07) is -0.812. The van der Waals surface area contributed by atoms with E-state index in [0.717, 1.165) is 17.7 Å². The van der Waals surface area contributed by atoms with E-state index in [1.54, 1.807) is 6.92 Å². The Labute approximate surface area is 131 Å². The lowest BCUT2D eigenvalue weighted by Crippen LogP contribution is -2.46. The van der Waals surface area contributed by atoms with Crippen LogP contribution in [0.5, 0.6) is 0 Å². The van der Waals surface area contributed by atoms with E-state index < -0.39 is 12.0 Å². The minimum absolute atomic E-state index is 0.00786. The van der Waals surface area contributed by atoms with Crippen LogP contribution in [0.25, 0.3) is 0 Å². The summed E-state index contributed by atoms with van der Waals surface area (Å²) in [6.07, 6.45) is 3.45. The zero-order chi connectivity index (χ0) is 16.3. The molecule has 0 N–H and O–H groups in total. The van der Waals surface area contributed by atoms with E-state index in [1.807, 2.05) is 0 Å². The van der Waals surface area contributed by atoms with Crippen molar-refractivity contribution in [3.05, 3.63) is 0 Å². The standard InChI is InChI=1S/C17H25NO4/c1-10(18-13(19)5-6-14(18)20)15(21)22-12-9-11-7-8-17(12,4)16(11,2)3/h10-12H,5-9H2,1-4H3. The first kappa shape index (κ1) is 15.5. The molecule has 3 aliphatic rings. The summed E-state index contributed by atoms with van der Waals surface area (Å²) >= 11 is 0. The molecule has 1 aliphatic heterocycles. The van der Waals surface area contributed by atoms with Crippen molar-refractivity contribution in [2.75, 3.05) is 0 Å². The monoisotopic (exact) mass is 307 g/mol. The molecule has 4 unspecified atom stereocenters. The van der Waals surface area contributed by atoms with Gasteiger partial charge in [0.05, 0.1) is 0 Å². The SMILES string of the molecule is CC(C(=O)OC1CC2CCC1(C)C2(C)C)N1C(=O)CCC1=O. The first-order chi connectivity index (χ1) is 10.2. The molecule has 122 valence electrons. The van der Waals surface area contributed by atoms with Crippen LogP contribution in [0.4, 0.5) is 0 Å². The molecule has 3 fully saturated rings. The predicted molar refractivity (Wildman–Crippen MR) is 79.7 cm³/mol. The van der Waals surface area contributed by atoms with Gasteiger partial charge in [-0.25, -0.2) is 4.79 Å². The maximum atomic E-state index is 12.4. The first-order valence-electron chi connectivity index (χ1n) is 8.24. The Morgan fingerprint density at radius 2 is 1.82 bits per heavy atom. The molecule has 5 nitrogen and oxygen atoms in total. The van der Waals surface area contributed by atoms with Crippen molar-refractivity contribution in [3.8, 4) is 0 Å². The highest BCUT2D eigenvalue weighted by molar-refractivity contribution is 6.04. The number of amides is 2. The van der Waals surface area contributed by atoms with Gasteiger partial charge in [-0.2, -0.15) is 0 Å². The van der Waals surface area contributed by atoms with Crippen LogP contribution in [0.2, 0.25) is 0 Å². The fraction of sp³-hybridized carbons (Fsp3) is 0.824. The summed E-state index contributed by atoms with van der Waals surface area (Å²) < 4.78 is 5.77. The second-order valence-electron chi connectivity index (χ2n) is 7.87. The number of hydrogen-bond donors (Lipinski definition) is 0. The molecule has 0 aromatic rings. The number of hydrogen-bond acceptors (Lipinski definition) is 4. The average molecular weight is 307 g/mol. The molecule has 2 saturated carbocycles. The molecule has 0 aromatic heterocycles. The quantitative estimate of drug-likeness (QED) is 0.593. The van der Waals surface area contributed by atoms with Gasteiger partial charge in [0, 0.05) is 18.3 Å². The number of nitrogens with zero attached hydrogens (tertiary/aromatic N) is 1. The van der Waals surface area contributed by atoms with Crippen molar-refractivity contribution >= 4 is 17.8 Å². The molecule has 1 heterocycles. The largest absolute Gasteiger partial charge is 0.460 e. The Kier molecular flexibility index (Phi) is 3.38. The molecule has 5 heteroatoms. The van der Waals surface area contributed by atoms with Crippen molar-refractivity contribution in [1.82, 2.24) is 4.90 Å². The van der Waals surface area contributed by atoms with Crippen LogP contribution in [-0.4, -0.2) is 34.8 Å². The smallest absolute Gasteiger partial charge is 0.329 e. The third kappa shape index (κ3) is 1.94. The van der Waals surface area contributed by atoms with Crippen molar-refractivity contribution in [2.24, 2.45) is 16.7 Å².